The van der Waals surface area contributed by atoms with E-state index in [0.717, 1.165) is 16.2 Å². The number of nitrogens with zero attached hydrogens (tertiary/aromatic N) is 3. The maximum Gasteiger partial charge on any atom is 0.211 e. The molecule has 0 unspecified atom stereocenters. The molecule has 0 aliphatic heterocycles. The number of hydrogen-bond acceptors (Lipinski definition) is 7. The largest absolute Gasteiger partial charge is 0.493 e. The Hall–Kier alpha value is -2.30. The van der Waals surface area contributed by atoms with Crippen molar-refractivity contribution in [3.05, 3.63) is 48.3 Å². The van der Waals surface area contributed by atoms with Gasteiger partial charge in [-0.2, -0.15) is 5.10 Å². The van der Waals surface area contributed by atoms with Crippen molar-refractivity contribution in [3.63, 3.8) is 0 Å². The Labute approximate surface area is 174 Å². The Morgan fingerprint density at radius 1 is 1.14 bits per heavy atom. The molecule has 156 valence electrons. The molecule has 0 atom stereocenters. The van der Waals surface area contributed by atoms with E-state index in [4.69, 9.17) is 9.47 Å². The number of rotatable bonds is 11. The summed E-state index contributed by atoms with van der Waals surface area (Å²) in [6.45, 7) is 0.337. The first-order chi connectivity index (χ1) is 14.0. The monoisotopic (exact) mass is 436 g/mol. The van der Waals surface area contributed by atoms with Crippen molar-refractivity contribution in [2.45, 2.75) is 17.9 Å². The number of nitrogens with one attached hydrogen (secondary N) is 1. The summed E-state index contributed by atoms with van der Waals surface area (Å²) in [7, 11) is -0.161. The standard InChI is InChI=1S/C19H24N4O4S2/c1-26-16-5-4-15(14-17(16)27-2)8-9-21-29(24,25)13-3-12-28-19-7-6-18-20-10-11-23(18)22-19/h4-7,10-11,14,21H,3,8-9,12-13H2,1-2H3. The van der Waals surface area contributed by atoms with Gasteiger partial charge in [0.1, 0.15) is 5.03 Å². The summed E-state index contributed by atoms with van der Waals surface area (Å²) < 4.78 is 39.2. The van der Waals surface area contributed by atoms with E-state index in [1.807, 2.05) is 30.3 Å². The molecule has 8 nitrogen and oxygen atoms in total. The van der Waals surface area contributed by atoms with Crippen LogP contribution < -0.4 is 14.2 Å². The number of fused-ring (bicyclic) bond motifs is 1. The molecule has 0 saturated heterocycles. The predicted octanol–water partition coefficient (Wildman–Crippen LogP) is 2.39. The number of sulfonamides is 1. The van der Waals surface area contributed by atoms with Gasteiger partial charge in [0.25, 0.3) is 0 Å². The Morgan fingerprint density at radius 2 is 1.97 bits per heavy atom. The molecule has 2 aromatic heterocycles. The second kappa shape index (κ2) is 9.95. The Kier molecular flexibility index (Phi) is 7.34. The lowest BCUT2D eigenvalue weighted by Crippen LogP contribution is -2.28. The third-order valence-corrected chi connectivity index (χ3v) is 6.70. The summed E-state index contributed by atoms with van der Waals surface area (Å²) in [6.07, 6.45) is 4.59. The molecule has 0 saturated carbocycles. The number of aromatic nitrogens is 3. The fourth-order valence-corrected chi connectivity index (χ4v) is 4.83. The van der Waals surface area contributed by atoms with Crippen LogP contribution in [-0.4, -0.2) is 55.3 Å². The molecule has 0 spiro atoms. The topological polar surface area (TPSA) is 94.8 Å². The van der Waals surface area contributed by atoms with E-state index < -0.39 is 10.0 Å². The van der Waals surface area contributed by atoms with E-state index in [2.05, 4.69) is 14.8 Å². The maximum atomic E-state index is 12.2. The molecule has 2 heterocycles. The summed E-state index contributed by atoms with van der Waals surface area (Å²) in [5.41, 5.74) is 1.76. The highest BCUT2D eigenvalue weighted by Gasteiger charge is 2.11. The summed E-state index contributed by atoms with van der Waals surface area (Å²) in [4.78, 5) is 4.15. The molecule has 3 rings (SSSR count). The van der Waals surface area contributed by atoms with Gasteiger partial charge in [-0.15, -0.1) is 11.8 Å². The summed E-state index contributed by atoms with van der Waals surface area (Å²) in [5.74, 6) is 2.03. The van der Waals surface area contributed by atoms with E-state index in [1.54, 1.807) is 31.1 Å². The third kappa shape index (κ3) is 6.09. The smallest absolute Gasteiger partial charge is 0.211 e. The highest BCUT2D eigenvalue weighted by molar-refractivity contribution is 7.99. The molecule has 0 radical (unpaired) electrons. The first-order valence-electron chi connectivity index (χ1n) is 9.12. The molecule has 0 amide bonds. The van der Waals surface area contributed by atoms with E-state index >= 15 is 0 Å². The van der Waals surface area contributed by atoms with Crippen molar-refractivity contribution in [1.82, 2.24) is 19.3 Å². The van der Waals surface area contributed by atoms with Crippen LogP contribution in [0.3, 0.4) is 0 Å². The normalized spacial score (nSPS) is 11.7. The number of methoxy groups -OCH3 is 2. The van der Waals surface area contributed by atoms with Crippen molar-refractivity contribution in [3.8, 4) is 11.5 Å². The van der Waals surface area contributed by atoms with Crippen LogP contribution in [0.25, 0.3) is 5.65 Å². The lowest BCUT2D eigenvalue weighted by Gasteiger charge is -2.10. The van der Waals surface area contributed by atoms with Gasteiger partial charge in [0.2, 0.25) is 10.0 Å². The lowest BCUT2D eigenvalue weighted by molar-refractivity contribution is 0.354. The van der Waals surface area contributed by atoms with Gasteiger partial charge >= 0.3 is 0 Å². The molecule has 1 aromatic carbocycles. The van der Waals surface area contributed by atoms with Crippen molar-refractivity contribution in [2.75, 3.05) is 32.3 Å². The molecule has 29 heavy (non-hydrogen) atoms. The fraction of sp³-hybridized carbons (Fsp3) is 0.368. The van der Waals surface area contributed by atoms with E-state index in [0.29, 0.717) is 36.6 Å². The highest BCUT2D eigenvalue weighted by atomic mass is 32.2. The zero-order valence-electron chi connectivity index (χ0n) is 16.4. The van der Waals surface area contributed by atoms with Crippen LogP contribution in [0.2, 0.25) is 0 Å². The zero-order valence-corrected chi connectivity index (χ0v) is 18.0. The van der Waals surface area contributed by atoms with Gasteiger partial charge in [0, 0.05) is 24.7 Å². The Morgan fingerprint density at radius 3 is 2.76 bits per heavy atom. The van der Waals surface area contributed by atoms with Crippen LogP contribution in [-0.2, 0) is 16.4 Å². The summed E-state index contributed by atoms with van der Waals surface area (Å²) >= 11 is 1.53. The zero-order chi connectivity index (χ0) is 20.7. The molecular weight excluding hydrogens is 412 g/mol. The Balaban J connectivity index is 1.40. The summed E-state index contributed by atoms with van der Waals surface area (Å²) in [5, 5.41) is 5.25. The van der Waals surface area contributed by atoms with Crippen LogP contribution in [0.1, 0.15) is 12.0 Å². The first-order valence-corrected chi connectivity index (χ1v) is 11.8. The van der Waals surface area contributed by atoms with E-state index in [-0.39, 0.29) is 5.75 Å². The van der Waals surface area contributed by atoms with Gasteiger partial charge in [-0.05, 0) is 42.7 Å². The summed E-state index contributed by atoms with van der Waals surface area (Å²) in [6, 6.07) is 9.35. The second-order valence-electron chi connectivity index (χ2n) is 6.26. The number of imidazole rings is 1. The SMILES string of the molecule is COc1ccc(CCNS(=O)(=O)CCCSc2ccc3nccn3n2)cc1OC. The van der Waals surface area contributed by atoms with Gasteiger partial charge in [-0.3, -0.25) is 0 Å². The highest BCUT2D eigenvalue weighted by Crippen LogP contribution is 2.27. The minimum atomic E-state index is -3.32. The van der Waals surface area contributed by atoms with Gasteiger partial charge in [0.05, 0.1) is 20.0 Å². The number of benzene rings is 1. The average molecular weight is 437 g/mol. The molecular formula is C19H24N4O4S2. The molecule has 0 aliphatic rings. The van der Waals surface area contributed by atoms with Crippen LogP contribution in [0.5, 0.6) is 11.5 Å². The number of hydrogen-bond donors (Lipinski definition) is 1. The van der Waals surface area contributed by atoms with Gasteiger partial charge in [0.15, 0.2) is 17.1 Å². The van der Waals surface area contributed by atoms with Gasteiger partial charge < -0.3 is 9.47 Å². The quantitative estimate of drug-likeness (QED) is 0.364. The lowest BCUT2D eigenvalue weighted by atomic mass is 10.1. The first kappa shape index (κ1) is 21.4. The van der Waals surface area contributed by atoms with Crippen LogP contribution in [0.4, 0.5) is 0 Å². The van der Waals surface area contributed by atoms with Gasteiger partial charge in [-0.1, -0.05) is 6.07 Å². The average Bonchev–Trinajstić information content (AvgIpc) is 3.19. The van der Waals surface area contributed by atoms with Crippen LogP contribution >= 0.6 is 11.8 Å². The van der Waals surface area contributed by atoms with E-state index in [9.17, 15) is 8.42 Å². The third-order valence-electron chi connectivity index (χ3n) is 4.22. The fourth-order valence-electron chi connectivity index (χ4n) is 2.76. The van der Waals surface area contributed by atoms with Crippen molar-refractivity contribution in [1.29, 1.82) is 0 Å². The minimum Gasteiger partial charge on any atom is -0.493 e. The second-order valence-corrected chi connectivity index (χ2v) is 9.30. The predicted molar refractivity (Wildman–Crippen MR) is 113 cm³/mol. The van der Waals surface area contributed by atoms with Crippen molar-refractivity contribution < 1.29 is 17.9 Å². The molecule has 1 N–H and O–H groups in total. The van der Waals surface area contributed by atoms with Crippen LogP contribution in [0, 0.1) is 0 Å². The maximum absolute atomic E-state index is 12.2. The van der Waals surface area contributed by atoms with Crippen LogP contribution in [0.15, 0.2) is 47.8 Å². The van der Waals surface area contributed by atoms with E-state index in [1.165, 1.54) is 11.8 Å². The minimum absolute atomic E-state index is 0.0826. The number of thioether (sulfide) groups is 1. The van der Waals surface area contributed by atoms with Crippen molar-refractivity contribution >= 4 is 27.4 Å². The Bertz CT molecular complexity index is 1050. The molecule has 3 aromatic rings. The molecule has 10 heteroatoms. The molecule has 0 aliphatic carbocycles. The van der Waals surface area contributed by atoms with Crippen molar-refractivity contribution in [2.24, 2.45) is 0 Å². The molecule has 0 fully saturated rings. The molecule has 0 bridgehead atoms. The number of ether oxygens (including phenoxy) is 2. The van der Waals surface area contributed by atoms with Gasteiger partial charge in [-0.25, -0.2) is 22.6 Å².